The molecule has 3 aromatic heterocycles. The third-order valence-corrected chi connectivity index (χ3v) is 4.72. The van der Waals surface area contributed by atoms with Gasteiger partial charge in [-0.1, -0.05) is 13.0 Å². The molecule has 4 rings (SSSR count). The number of esters is 1. The summed E-state index contributed by atoms with van der Waals surface area (Å²) in [7, 11) is 1.36. The Morgan fingerprint density at radius 2 is 2.00 bits per heavy atom. The molecule has 0 N–H and O–H groups in total. The monoisotopic (exact) mass is 393 g/mol. The fourth-order valence-electron chi connectivity index (χ4n) is 3.40. The number of imidazole rings is 2. The molecule has 0 bridgehead atoms. The van der Waals surface area contributed by atoms with Crippen LogP contribution in [0.1, 0.15) is 17.3 Å². The van der Waals surface area contributed by atoms with Gasteiger partial charge in [-0.15, -0.1) is 0 Å². The van der Waals surface area contributed by atoms with Crippen molar-refractivity contribution in [2.75, 3.05) is 7.11 Å². The first kappa shape index (κ1) is 18.8. The van der Waals surface area contributed by atoms with Gasteiger partial charge in [0.05, 0.1) is 30.0 Å². The number of pyridine rings is 1. The molecule has 8 heteroatoms. The van der Waals surface area contributed by atoms with Gasteiger partial charge in [0.1, 0.15) is 5.69 Å². The van der Waals surface area contributed by atoms with Gasteiger partial charge in [-0.05, 0) is 36.2 Å². The van der Waals surface area contributed by atoms with E-state index >= 15 is 0 Å². The summed E-state index contributed by atoms with van der Waals surface area (Å²) < 4.78 is 22.3. The largest absolute Gasteiger partial charge is 0.465 e. The van der Waals surface area contributed by atoms with Gasteiger partial charge >= 0.3 is 5.97 Å². The molecule has 1 unspecified atom stereocenters. The fourth-order valence-corrected chi connectivity index (χ4v) is 3.40. The van der Waals surface area contributed by atoms with Gasteiger partial charge < -0.3 is 13.9 Å². The highest BCUT2D eigenvalue weighted by molar-refractivity contribution is 5.93. The number of hydrogen-bond donors (Lipinski definition) is 0. The van der Waals surface area contributed by atoms with Crippen molar-refractivity contribution in [3.05, 3.63) is 66.6 Å². The molecule has 0 saturated carbocycles. The highest BCUT2D eigenvalue weighted by Crippen LogP contribution is 2.20. The molecular formula is C21H20FN5O2. The highest BCUT2D eigenvalue weighted by atomic mass is 19.1. The standard InChI is InChI=1S/C21H20FN5O2/c1-14(11-26-9-8-23-20(26)17-4-3-5-19(22)25-17)12-27-13-24-16-7-6-15(10-18(16)27)21(28)29-2/h3-10,13-14H,11-12H2,1-2H3. The number of rotatable bonds is 6. The Hall–Kier alpha value is -3.55. The second kappa shape index (κ2) is 7.83. The summed E-state index contributed by atoms with van der Waals surface area (Å²) in [6, 6.07) is 9.98. The van der Waals surface area contributed by atoms with Crippen LogP contribution in [0.4, 0.5) is 4.39 Å². The molecule has 0 amide bonds. The number of aromatic nitrogens is 5. The van der Waals surface area contributed by atoms with Crippen molar-refractivity contribution in [2.24, 2.45) is 5.92 Å². The van der Waals surface area contributed by atoms with Crippen LogP contribution in [-0.2, 0) is 17.8 Å². The van der Waals surface area contributed by atoms with Gasteiger partial charge in [0.15, 0.2) is 5.82 Å². The van der Waals surface area contributed by atoms with Crippen LogP contribution in [0.5, 0.6) is 0 Å². The predicted molar refractivity (Wildman–Crippen MR) is 106 cm³/mol. The molecule has 0 aliphatic heterocycles. The number of carbonyl (C=O) groups is 1. The van der Waals surface area contributed by atoms with Crippen molar-refractivity contribution < 1.29 is 13.9 Å². The molecule has 0 fully saturated rings. The van der Waals surface area contributed by atoms with Crippen molar-refractivity contribution >= 4 is 17.0 Å². The van der Waals surface area contributed by atoms with Crippen LogP contribution in [0, 0.1) is 11.9 Å². The van der Waals surface area contributed by atoms with Crippen LogP contribution in [0.15, 0.2) is 55.1 Å². The summed E-state index contributed by atoms with van der Waals surface area (Å²) in [5.41, 5.74) is 2.68. The first-order chi connectivity index (χ1) is 14.0. The number of ether oxygens (including phenoxy) is 1. The Balaban J connectivity index is 1.55. The number of hydrogen-bond acceptors (Lipinski definition) is 5. The molecule has 0 aliphatic carbocycles. The fraction of sp³-hybridized carbons (Fsp3) is 0.238. The first-order valence-corrected chi connectivity index (χ1v) is 9.22. The average Bonchev–Trinajstić information content (AvgIpc) is 3.34. The second-order valence-electron chi connectivity index (χ2n) is 6.95. The molecule has 1 atom stereocenters. The van der Waals surface area contributed by atoms with E-state index in [1.165, 1.54) is 13.2 Å². The van der Waals surface area contributed by atoms with E-state index in [2.05, 4.69) is 21.9 Å². The number of benzene rings is 1. The number of fused-ring (bicyclic) bond motifs is 1. The summed E-state index contributed by atoms with van der Waals surface area (Å²) in [4.78, 5) is 24.5. The van der Waals surface area contributed by atoms with Crippen molar-refractivity contribution in [3.8, 4) is 11.5 Å². The molecule has 0 saturated heterocycles. The van der Waals surface area contributed by atoms with Crippen LogP contribution in [0.25, 0.3) is 22.6 Å². The Labute approximate surface area is 166 Å². The van der Waals surface area contributed by atoms with E-state index < -0.39 is 5.95 Å². The zero-order valence-electron chi connectivity index (χ0n) is 16.1. The minimum atomic E-state index is -0.531. The van der Waals surface area contributed by atoms with Crippen LogP contribution >= 0.6 is 0 Å². The molecule has 1 aromatic carbocycles. The minimum absolute atomic E-state index is 0.218. The zero-order chi connectivity index (χ0) is 20.4. The van der Waals surface area contributed by atoms with Crippen LogP contribution in [0.2, 0.25) is 0 Å². The van der Waals surface area contributed by atoms with E-state index in [1.54, 1.807) is 36.8 Å². The quantitative estimate of drug-likeness (QED) is 0.370. The SMILES string of the molecule is COC(=O)c1ccc2ncn(CC(C)Cn3ccnc3-c3cccc(F)n3)c2c1. The second-order valence-corrected chi connectivity index (χ2v) is 6.95. The molecule has 148 valence electrons. The maximum atomic E-state index is 13.5. The summed E-state index contributed by atoms with van der Waals surface area (Å²) in [6.07, 6.45) is 5.31. The van der Waals surface area contributed by atoms with Crippen LogP contribution < -0.4 is 0 Å². The van der Waals surface area contributed by atoms with Crippen molar-refractivity contribution in [1.82, 2.24) is 24.1 Å². The maximum absolute atomic E-state index is 13.5. The van der Waals surface area contributed by atoms with Gasteiger partial charge in [0, 0.05) is 25.5 Å². The molecule has 0 aliphatic rings. The summed E-state index contributed by atoms with van der Waals surface area (Å²) in [5.74, 6) is -0.0646. The van der Waals surface area contributed by atoms with Crippen molar-refractivity contribution in [3.63, 3.8) is 0 Å². The van der Waals surface area contributed by atoms with E-state index in [-0.39, 0.29) is 11.9 Å². The van der Waals surface area contributed by atoms with Crippen LogP contribution in [-0.4, -0.2) is 37.2 Å². The topological polar surface area (TPSA) is 74.8 Å². The van der Waals surface area contributed by atoms with Gasteiger partial charge in [-0.25, -0.2) is 19.7 Å². The third-order valence-electron chi connectivity index (χ3n) is 4.72. The van der Waals surface area contributed by atoms with Crippen molar-refractivity contribution in [1.29, 1.82) is 0 Å². The van der Waals surface area contributed by atoms with Crippen molar-refractivity contribution in [2.45, 2.75) is 20.0 Å². The van der Waals surface area contributed by atoms with E-state index in [1.807, 2.05) is 21.4 Å². The molecule has 4 aromatic rings. The third kappa shape index (κ3) is 3.87. The van der Waals surface area contributed by atoms with E-state index in [0.717, 1.165) is 11.0 Å². The van der Waals surface area contributed by atoms with E-state index in [9.17, 15) is 9.18 Å². The molecule has 0 spiro atoms. The molecule has 0 radical (unpaired) electrons. The highest BCUT2D eigenvalue weighted by Gasteiger charge is 2.14. The van der Waals surface area contributed by atoms with E-state index in [4.69, 9.17) is 4.74 Å². The van der Waals surface area contributed by atoms with Gasteiger partial charge in [-0.3, -0.25) is 0 Å². The van der Waals surface area contributed by atoms with E-state index in [0.29, 0.717) is 30.2 Å². The number of methoxy groups -OCH3 is 1. The molecular weight excluding hydrogens is 373 g/mol. The number of carbonyl (C=O) groups excluding carboxylic acids is 1. The Bertz CT molecular complexity index is 1170. The molecule has 7 nitrogen and oxygen atoms in total. The minimum Gasteiger partial charge on any atom is -0.465 e. The Morgan fingerprint density at radius 1 is 1.17 bits per heavy atom. The average molecular weight is 393 g/mol. The Kier molecular flexibility index (Phi) is 5.07. The van der Waals surface area contributed by atoms with Gasteiger partial charge in [-0.2, -0.15) is 4.39 Å². The first-order valence-electron chi connectivity index (χ1n) is 9.22. The maximum Gasteiger partial charge on any atom is 0.337 e. The lowest BCUT2D eigenvalue weighted by atomic mass is 10.1. The molecule has 3 heterocycles. The lowest BCUT2D eigenvalue weighted by Gasteiger charge is -2.15. The summed E-state index contributed by atoms with van der Waals surface area (Å²) in [5, 5.41) is 0. The smallest absolute Gasteiger partial charge is 0.337 e. The van der Waals surface area contributed by atoms with Gasteiger partial charge in [0.2, 0.25) is 5.95 Å². The lowest BCUT2D eigenvalue weighted by molar-refractivity contribution is 0.0601. The summed E-state index contributed by atoms with van der Waals surface area (Å²) >= 11 is 0. The number of nitrogens with zero attached hydrogens (tertiary/aromatic N) is 5. The lowest BCUT2D eigenvalue weighted by Crippen LogP contribution is -2.14. The molecule has 29 heavy (non-hydrogen) atoms. The Morgan fingerprint density at radius 3 is 2.79 bits per heavy atom. The predicted octanol–water partition coefficient (Wildman–Crippen LogP) is 3.56. The van der Waals surface area contributed by atoms with Crippen LogP contribution in [0.3, 0.4) is 0 Å². The normalized spacial score (nSPS) is 12.2. The summed E-state index contributed by atoms with van der Waals surface area (Å²) in [6.45, 7) is 3.47. The van der Waals surface area contributed by atoms with Gasteiger partial charge in [0.25, 0.3) is 0 Å². The number of halogens is 1. The zero-order valence-corrected chi connectivity index (χ0v) is 16.1.